The third-order valence-electron chi connectivity index (χ3n) is 12.0. The Hall–Kier alpha value is -1.96. The molecular weight excluding hydrogens is 667 g/mol. The number of para-hydroxylation sites is 1. The van der Waals surface area contributed by atoms with Gasteiger partial charge in [-0.1, -0.05) is 237 Å². The Labute approximate surface area is 344 Å². The Morgan fingerprint density at radius 3 is 1.07 bits per heavy atom. The molecule has 316 valence electrons. The third kappa shape index (κ3) is 30.8. The van der Waals surface area contributed by atoms with Crippen molar-refractivity contribution in [1.82, 2.24) is 0 Å². The maximum Gasteiger partial charge on any atom is 0.119 e. The van der Waals surface area contributed by atoms with Crippen molar-refractivity contribution in [2.45, 2.75) is 245 Å². The van der Waals surface area contributed by atoms with Gasteiger partial charge in [-0.2, -0.15) is 0 Å². The van der Waals surface area contributed by atoms with E-state index in [1.54, 1.807) is 0 Å². The van der Waals surface area contributed by atoms with Crippen LogP contribution in [0.1, 0.15) is 244 Å². The van der Waals surface area contributed by atoms with Gasteiger partial charge in [0.2, 0.25) is 0 Å². The highest BCUT2D eigenvalue weighted by Gasteiger charge is 2.08. The average Bonchev–Trinajstić information content (AvgIpc) is 3.21. The summed E-state index contributed by atoms with van der Waals surface area (Å²) in [6.07, 6.45) is 50.7. The Bertz CT molecular complexity index is 982. The zero-order valence-electron chi connectivity index (χ0n) is 37.1. The fourth-order valence-corrected chi connectivity index (χ4v) is 8.26. The maximum atomic E-state index is 5.88. The van der Waals surface area contributed by atoms with E-state index in [-0.39, 0.29) is 0 Å². The van der Waals surface area contributed by atoms with Crippen LogP contribution >= 0.6 is 0 Å². The predicted octanol–water partition coefficient (Wildman–Crippen LogP) is 17.8. The van der Waals surface area contributed by atoms with E-state index in [9.17, 15) is 0 Å². The quantitative estimate of drug-likeness (QED) is 0.0625. The van der Waals surface area contributed by atoms with Crippen LogP contribution < -0.4 is 9.64 Å². The van der Waals surface area contributed by atoms with Crippen LogP contribution in [0.15, 0.2) is 54.6 Å². The van der Waals surface area contributed by atoms with Gasteiger partial charge in [0.1, 0.15) is 5.75 Å². The molecule has 0 heterocycles. The van der Waals surface area contributed by atoms with Crippen LogP contribution in [-0.2, 0) is 6.42 Å². The highest BCUT2D eigenvalue weighted by atomic mass is 16.5. The summed E-state index contributed by atoms with van der Waals surface area (Å²) >= 11 is 0. The van der Waals surface area contributed by atoms with Gasteiger partial charge >= 0.3 is 0 Å². The molecule has 0 saturated carbocycles. The van der Waals surface area contributed by atoms with Crippen molar-refractivity contribution in [3.05, 3.63) is 60.2 Å². The maximum absolute atomic E-state index is 5.88. The number of nitrogens with zero attached hydrogens (tertiary/aromatic N) is 1. The summed E-state index contributed by atoms with van der Waals surface area (Å²) in [6.45, 7) is 7.88. The number of hydrogen-bond donors (Lipinski definition) is 0. The van der Waals surface area contributed by atoms with Crippen molar-refractivity contribution in [2.24, 2.45) is 0 Å². The molecule has 0 aliphatic heterocycles. The minimum atomic E-state index is 0.816. The van der Waals surface area contributed by atoms with E-state index in [4.69, 9.17) is 4.74 Å². The summed E-state index contributed by atoms with van der Waals surface area (Å²) in [4.78, 5) is 2.72. The molecule has 0 fully saturated rings. The zero-order valence-corrected chi connectivity index (χ0v) is 37.1. The minimum Gasteiger partial charge on any atom is -0.494 e. The predicted molar refractivity (Wildman–Crippen MR) is 247 cm³/mol. The number of hydrogen-bond acceptors (Lipinski definition) is 2. The van der Waals surface area contributed by atoms with E-state index >= 15 is 0 Å². The number of benzene rings is 2. The molecule has 0 aromatic heterocycles. The van der Waals surface area contributed by atoms with Gasteiger partial charge in [-0.25, -0.2) is 0 Å². The molecule has 0 radical (unpaired) electrons. The standard InChI is InChI=1S/C53H93NO/c1-3-5-7-9-11-13-15-17-19-21-23-25-27-29-31-38-48-54(49-39-32-30-28-26-24-22-20-18-16-14-12-10-8-6-4-2)52-46-44-51(45-47-52)41-35-34-40-50-55-53-42-36-33-37-43-53/h33,36-37,42-47H,3-32,34-35,38-41,48-50H2,1-2H3. The lowest BCUT2D eigenvalue weighted by atomic mass is 10.0. The second-order valence-electron chi connectivity index (χ2n) is 17.2. The molecule has 0 unspecified atom stereocenters. The molecule has 2 aromatic carbocycles. The Kier molecular flexibility index (Phi) is 34.8. The zero-order chi connectivity index (χ0) is 39.0. The van der Waals surface area contributed by atoms with Crippen LogP contribution in [0.25, 0.3) is 0 Å². The second kappa shape index (κ2) is 38.9. The monoisotopic (exact) mass is 760 g/mol. The fraction of sp³-hybridized carbons (Fsp3) is 0.774. The van der Waals surface area contributed by atoms with Crippen LogP contribution in [0.4, 0.5) is 5.69 Å². The topological polar surface area (TPSA) is 12.5 Å². The summed E-state index contributed by atoms with van der Waals surface area (Å²) in [5, 5.41) is 0. The molecule has 0 atom stereocenters. The summed E-state index contributed by atoms with van der Waals surface area (Å²) in [5.41, 5.74) is 2.93. The highest BCUT2D eigenvalue weighted by Crippen LogP contribution is 2.21. The molecule has 0 amide bonds. The Morgan fingerprint density at radius 2 is 0.691 bits per heavy atom. The molecule has 2 heteroatoms. The first-order chi connectivity index (χ1) is 27.3. The normalized spacial score (nSPS) is 11.4. The van der Waals surface area contributed by atoms with E-state index < -0.39 is 0 Å². The molecule has 0 bridgehead atoms. The van der Waals surface area contributed by atoms with E-state index in [1.807, 2.05) is 30.3 Å². The molecule has 0 saturated heterocycles. The molecule has 0 N–H and O–H groups in total. The van der Waals surface area contributed by atoms with Crippen molar-refractivity contribution < 1.29 is 4.74 Å². The van der Waals surface area contributed by atoms with Crippen molar-refractivity contribution in [3.63, 3.8) is 0 Å². The van der Waals surface area contributed by atoms with Crippen molar-refractivity contribution in [3.8, 4) is 5.75 Å². The molecule has 0 spiro atoms. The van der Waals surface area contributed by atoms with Crippen molar-refractivity contribution in [1.29, 1.82) is 0 Å². The average molecular weight is 760 g/mol. The summed E-state index contributed by atoms with van der Waals surface area (Å²) in [5.74, 6) is 0.988. The molecule has 2 aromatic rings. The van der Waals surface area contributed by atoms with Gasteiger partial charge < -0.3 is 9.64 Å². The van der Waals surface area contributed by atoms with Gasteiger partial charge in [0.05, 0.1) is 6.61 Å². The lowest BCUT2D eigenvalue weighted by Crippen LogP contribution is -2.25. The number of unbranched alkanes of at least 4 members (excludes halogenated alkanes) is 32. The van der Waals surface area contributed by atoms with Crippen LogP contribution in [0.3, 0.4) is 0 Å². The number of aryl methyl sites for hydroxylation is 1. The van der Waals surface area contributed by atoms with Crippen LogP contribution in [0, 0.1) is 0 Å². The van der Waals surface area contributed by atoms with E-state index in [0.29, 0.717) is 0 Å². The largest absolute Gasteiger partial charge is 0.494 e. The van der Waals surface area contributed by atoms with Crippen LogP contribution in [-0.4, -0.2) is 19.7 Å². The first-order valence-electron chi connectivity index (χ1n) is 24.8. The third-order valence-corrected chi connectivity index (χ3v) is 12.0. The minimum absolute atomic E-state index is 0.816. The van der Waals surface area contributed by atoms with Gasteiger partial charge in [-0.05, 0) is 68.4 Å². The first-order valence-corrected chi connectivity index (χ1v) is 24.8. The Morgan fingerprint density at radius 1 is 0.345 bits per heavy atom. The van der Waals surface area contributed by atoms with Crippen molar-refractivity contribution >= 4 is 5.69 Å². The molecular formula is C53H93NO. The number of rotatable bonds is 42. The van der Waals surface area contributed by atoms with E-state index in [0.717, 1.165) is 18.8 Å². The smallest absolute Gasteiger partial charge is 0.119 e. The first kappa shape index (κ1) is 49.2. The van der Waals surface area contributed by atoms with Crippen LogP contribution in [0.5, 0.6) is 5.75 Å². The summed E-state index contributed by atoms with van der Waals surface area (Å²) < 4.78 is 5.88. The molecule has 55 heavy (non-hydrogen) atoms. The number of anilines is 1. The van der Waals surface area contributed by atoms with Crippen LogP contribution in [0.2, 0.25) is 0 Å². The lowest BCUT2D eigenvalue weighted by molar-refractivity contribution is 0.305. The number of ether oxygens (including phenoxy) is 1. The molecule has 2 nitrogen and oxygen atoms in total. The highest BCUT2D eigenvalue weighted by molar-refractivity contribution is 5.47. The van der Waals surface area contributed by atoms with Gasteiger partial charge in [0.15, 0.2) is 0 Å². The second-order valence-corrected chi connectivity index (χ2v) is 17.2. The van der Waals surface area contributed by atoms with Gasteiger partial charge in [-0.3, -0.25) is 0 Å². The lowest BCUT2D eigenvalue weighted by Gasteiger charge is -2.25. The fourth-order valence-electron chi connectivity index (χ4n) is 8.26. The van der Waals surface area contributed by atoms with E-state index in [1.165, 1.54) is 249 Å². The molecule has 2 rings (SSSR count). The van der Waals surface area contributed by atoms with Gasteiger partial charge in [0.25, 0.3) is 0 Å². The summed E-state index contributed by atoms with van der Waals surface area (Å²) in [6, 6.07) is 19.9. The Balaban J connectivity index is 1.59. The van der Waals surface area contributed by atoms with Gasteiger partial charge in [-0.15, -0.1) is 0 Å². The molecule has 0 aliphatic carbocycles. The molecule has 0 aliphatic rings. The van der Waals surface area contributed by atoms with E-state index in [2.05, 4.69) is 43.0 Å². The van der Waals surface area contributed by atoms with Gasteiger partial charge in [0, 0.05) is 18.8 Å². The summed E-state index contributed by atoms with van der Waals surface area (Å²) in [7, 11) is 0. The van der Waals surface area contributed by atoms with Crippen molar-refractivity contribution in [2.75, 3.05) is 24.6 Å². The SMILES string of the molecule is CCCCCCCCCCCCCCCCCCN(CCCCCCCCCCCCCCCCCC)c1ccc(CCCCCOc2ccccc2)cc1.